The van der Waals surface area contributed by atoms with Crippen molar-refractivity contribution < 1.29 is 10.5 Å². The average molecular weight is 145 g/mol. The molecule has 0 unspecified atom stereocenters. The summed E-state index contributed by atoms with van der Waals surface area (Å²) in [7, 11) is 0. The van der Waals surface area contributed by atoms with E-state index >= 15 is 0 Å². The van der Waals surface area contributed by atoms with E-state index < -0.39 is 0 Å². The van der Waals surface area contributed by atoms with Gasteiger partial charge in [0.25, 0.3) is 0 Å². The number of nitrogens with one attached hydrogen (secondary N) is 1. The highest BCUT2D eigenvalue weighted by molar-refractivity contribution is 5.75. The van der Waals surface area contributed by atoms with Gasteiger partial charge in [-0.25, -0.2) is 0 Å². The fourth-order valence-corrected chi connectivity index (χ4v) is 0.654. The number of hydrogen-bond acceptors (Lipinski definition) is 1. The molecule has 0 aromatic carbocycles. The summed E-state index contributed by atoms with van der Waals surface area (Å²) in [4.78, 5) is 10.8. The maximum atomic E-state index is 10.8. The number of carbonyl (C=O) groups is 1. The molecule has 3 nitrogen and oxygen atoms in total. The van der Waals surface area contributed by atoms with Crippen LogP contribution < -0.4 is 11.1 Å². The Morgan fingerprint density at radius 1 is 1.60 bits per heavy atom. The van der Waals surface area contributed by atoms with Crippen molar-refractivity contribution in [1.29, 1.82) is 0 Å². The number of hydrogen-bond donors (Lipinski definition) is 2. The maximum absolute atomic E-state index is 10.8. The fourth-order valence-electron chi connectivity index (χ4n) is 0.654. The molecule has 0 bridgehead atoms. The van der Waals surface area contributed by atoms with Crippen molar-refractivity contribution in [2.24, 2.45) is 0 Å². The zero-order valence-corrected chi connectivity index (χ0v) is 6.65. The number of carbonyl (C=O) groups excluding carboxylic acids is 1. The third kappa shape index (κ3) is 5.56. The lowest BCUT2D eigenvalue weighted by molar-refractivity contribution is -0.366. The van der Waals surface area contributed by atoms with Crippen LogP contribution in [0.4, 0.5) is 0 Å². The number of rotatable bonds is 5. The highest BCUT2D eigenvalue weighted by Crippen LogP contribution is 1.82. The molecule has 0 heterocycles. The van der Waals surface area contributed by atoms with Crippen molar-refractivity contribution in [3.8, 4) is 0 Å². The van der Waals surface area contributed by atoms with Gasteiger partial charge in [0, 0.05) is 6.54 Å². The van der Waals surface area contributed by atoms with Crippen LogP contribution in [0.15, 0.2) is 0 Å². The molecule has 0 saturated heterocycles. The minimum atomic E-state index is 0.128. The average Bonchev–Trinajstić information content (AvgIpc) is 1.89. The molecule has 0 fully saturated rings. The molecule has 0 aliphatic heterocycles. The van der Waals surface area contributed by atoms with Gasteiger partial charge in [-0.2, -0.15) is 0 Å². The Kier molecular flexibility index (Phi) is 6.18. The van der Waals surface area contributed by atoms with Crippen molar-refractivity contribution in [2.75, 3.05) is 13.1 Å². The van der Waals surface area contributed by atoms with E-state index in [1.807, 2.05) is 0 Å². The van der Waals surface area contributed by atoms with Gasteiger partial charge in [0.1, 0.15) is 0 Å². The molecular weight excluding hydrogens is 128 g/mol. The summed E-state index contributed by atoms with van der Waals surface area (Å²) in [6.45, 7) is 3.61. The minimum absolute atomic E-state index is 0.128. The van der Waals surface area contributed by atoms with Crippen molar-refractivity contribution in [1.82, 2.24) is 5.32 Å². The Morgan fingerprint density at radius 2 is 2.30 bits per heavy atom. The first-order valence-electron chi connectivity index (χ1n) is 3.87. The van der Waals surface area contributed by atoms with Crippen LogP contribution in [0, 0.1) is 0 Å². The number of unbranched alkanes of at least 4 members (excludes halogenated alkanes) is 1. The van der Waals surface area contributed by atoms with E-state index in [-0.39, 0.29) is 5.91 Å². The molecule has 0 saturated carbocycles. The summed E-state index contributed by atoms with van der Waals surface area (Å²) in [5.74, 6) is 0.128. The van der Waals surface area contributed by atoms with Crippen molar-refractivity contribution in [3.05, 3.63) is 0 Å². The van der Waals surface area contributed by atoms with Crippen LogP contribution in [-0.2, 0) is 4.79 Å². The van der Waals surface area contributed by atoms with Crippen LogP contribution >= 0.6 is 0 Å². The number of quaternary nitrogens is 1. The second-order valence-corrected chi connectivity index (χ2v) is 2.31. The molecule has 0 rings (SSSR count). The SMILES string of the molecule is CCCCNC(=O)CC[NH3+]. The second-order valence-electron chi connectivity index (χ2n) is 2.31. The van der Waals surface area contributed by atoms with Gasteiger partial charge in [-0.1, -0.05) is 13.3 Å². The van der Waals surface area contributed by atoms with Crippen LogP contribution in [0.2, 0.25) is 0 Å². The summed E-state index contributed by atoms with van der Waals surface area (Å²) in [6.07, 6.45) is 2.76. The van der Waals surface area contributed by atoms with Gasteiger partial charge >= 0.3 is 0 Å². The van der Waals surface area contributed by atoms with Gasteiger partial charge < -0.3 is 11.1 Å². The van der Waals surface area contributed by atoms with Gasteiger partial charge in [0.15, 0.2) is 0 Å². The van der Waals surface area contributed by atoms with Gasteiger partial charge in [-0.05, 0) is 6.42 Å². The lowest BCUT2D eigenvalue weighted by Gasteiger charge is -2.00. The summed E-state index contributed by atoms with van der Waals surface area (Å²) in [6, 6.07) is 0. The highest BCUT2D eigenvalue weighted by Gasteiger charge is 1.97. The van der Waals surface area contributed by atoms with Gasteiger partial charge in [0.2, 0.25) is 5.91 Å². The first-order chi connectivity index (χ1) is 4.81. The molecule has 0 aliphatic rings. The van der Waals surface area contributed by atoms with E-state index in [1.165, 1.54) is 0 Å². The van der Waals surface area contributed by atoms with Crippen LogP contribution in [0.1, 0.15) is 26.2 Å². The van der Waals surface area contributed by atoms with E-state index in [9.17, 15) is 4.79 Å². The minimum Gasteiger partial charge on any atom is -0.357 e. The summed E-state index contributed by atoms with van der Waals surface area (Å²) in [5, 5.41) is 2.81. The molecular formula is C7H17N2O+. The maximum Gasteiger partial charge on any atom is 0.225 e. The second kappa shape index (κ2) is 6.55. The molecule has 60 valence electrons. The zero-order chi connectivity index (χ0) is 7.82. The highest BCUT2D eigenvalue weighted by atomic mass is 16.1. The number of amides is 1. The van der Waals surface area contributed by atoms with E-state index in [0.29, 0.717) is 13.0 Å². The molecule has 1 amide bonds. The standard InChI is InChI=1S/C7H16N2O/c1-2-3-6-9-7(10)4-5-8/h2-6,8H2,1H3,(H,9,10)/p+1. The predicted octanol–water partition coefficient (Wildman–Crippen LogP) is -0.465. The van der Waals surface area contributed by atoms with E-state index in [4.69, 9.17) is 0 Å². The van der Waals surface area contributed by atoms with Gasteiger partial charge in [-0.15, -0.1) is 0 Å². The van der Waals surface area contributed by atoms with Crippen molar-refractivity contribution >= 4 is 5.91 Å². The Hall–Kier alpha value is -0.570. The van der Waals surface area contributed by atoms with Crippen LogP contribution in [0.25, 0.3) is 0 Å². The third-order valence-corrected chi connectivity index (χ3v) is 1.26. The molecule has 0 aromatic heterocycles. The van der Waals surface area contributed by atoms with Crippen LogP contribution in [0.5, 0.6) is 0 Å². The smallest absolute Gasteiger partial charge is 0.225 e. The van der Waals surface area contributed by atoms with E-state index in [0.717, 1.165) is 19.4 Å². The van der Waals surface area contributed by atoms with Gasteiger partial charge in [0.05, 0.1) is 13.0 Å². The third-order valence-electron chi connectivity index (χ3n) is 1.26. The summed E-state index contributed by atoms with van der Waals surface area (Å²) < 4.78 is 0. The monoisotopic (exact) mass is 145 g/mol. The molecule has 3 heteroatoms. The van der Waals surface area contributed by atoms with E-state index in [2.05, 4.69) is 18.0 Å². The molecule has 0 aromatic rings. The van der Waals surface area contributed by atoms with Crippen molar-refractivity contribution in [2.45, 2.75) is 26.2 Å². The summed E-state index contributed by atoms with van der Waals surface area (Å²) >= 11 is 0. The Morgan fingerprint density at radius 3 is 2.80 bits per heavy atom. The topological polar surface area (TPSA) is 56.7 Å². The fraction of sp³-hybridized carbons (Fsp3) is 0.857. The molecule has 0 radical (unpaired) electrons. The summed E-state index contributed by atoms with van der Waals surface area (Å²) in [5.41, 5.74) is 3.59. The lowest BCUT2D eigenvalue weighted by Crippen LogP contribution is -2.51. The molecule has 0 spiro atoms. The Balaban J connectivity index is 3.05. The van der Waals surface area contributed by atoms with Crippen molar-refractivity contribution in [3.63, 3.8) is 0 Å². The normalized spacial score (nSPS) is 9.40. The molecule has 0 aliphatic carbocycles. The molecule has 4 N–H and O–H groups in total. The van der Waals surface area contributed by atoms with Crippen LogP contribution in [0.3, 0.4) is 0 Å². The first kappa shape index (κ1) is 9.43. The zero-order valence-electron chi connectivity index (χ0n) is 6.65. The lowest BCUT2D eigenvalue weighted by atomic mass is 10.3. The van der Waals surface area contributed by atoms with E-state index in [1.54, 1.807) is 0 Å². The van der Waals surface area contributed by atoms with Gasteiger partial charge in [-0.3, -0.25) is 4.79 Å². The Labute approximate surface area is 62.0 Å². The first-order valence-corrected chi connectivity index (χ1v) is 3.87. The molecule has 0 atom stereocenters. The molecule has 10 heavy (non-hydrogen) atoms. The predicted molar refractivity (Wildman–Crippen MR) is 40.3 cm³/mol. The van der Waals surface area contributed by atoms with Crippen LogP contribution in [-0.4, -0.2) is 19.0 Å². The quantitative estimate of drug-likeness (QED) is 0.505. The Bertz CT molecular complexity index is 93.6. The largest absolute Gasteiger partial charge is 0.357 e.